The van der Waals surface area contributed by atoms with Crippen molar-refractivity contribution in [1.82, 2.24) is 0 Å². The molecule has 0 aliphatic carbocycles. The van der Waals surface area contributed by atoms with E-state index in [-0.39, 0.29) is 6.61 Å². The van der Waals surface area contributed by atoms with Gasteiger partial charge in [-0.15, -0.1) is 11.3 Å². The molecule has 0 saturated carbocycles. The topological polar surface area (TPSA) is 20.2 Å². The average molecular weight is 272 g/mol. The Kier molecular flexibility index (Phi) is 3.45. The number of halogens is 3. The van der Waals surface area contributed by atoms with Gasteiger partial charge in [0.1, 0.15) is 0 Å². The molecule has 0 bridgehead atoms. The normalized spacial score (nSPS) is 11.8. The number of hydrogen-bond acceptors (Lipinski definition) is 2. The van der Waals surface area contributed by atoms with Gasteiger partial charge < -0.3 is 5.11 Å². The molecule has 1 heterocycles. The van der Waals surface area contributed by atoms with Crippen LogP contribution in [-0.2, 0) is 12.8 Å². The van der Waals surface area contributed by atoms with Crippen LogP contribution in [0.5, 0.6) is 0 Å². The van der Waals surface area contributed by atoms with E-state index < -0.39 is 11.7 Å². The van der Waals surface area contributed by atoms with Gasteiger partial charge in [0.05, 0.1) is 12.2 Å². The van der Waals surface area contributed by atoms with E-state index in [1.807, 2.05) is 6.92 Å². The number of thiophene rings is 1. The lowest BCUT2D eigenvalue weighted by Gasteiger charge is -2.08. The SMILES string of the molecule is Cc1sc(CO)cc1-c1cccc(C(F)(F)F)c1. The molecule has 0 amide bonds. The van der Waals surface area contributed by atoms with Crippen LogP contribution in [-0.4, -0.2) is 5.11 Å². The van der Waals surface area contributed by atoms with Crippen LogP contribution in [0, 0.1) is 6.92 Å². The van der Waals surface area contributed by atoms with E-state index in [2.05, 4.69) is 0 Å². The first-order valence-corrected chi connectivity index (χ1v) is 6.11. The molecule has 0 spiro atoms. The summed E-state index contributed by atoms with van der Waals surface area (Å²) in [6, 6.07) is 6.96. The number of hydrogen-bond donors (Lipinski definition) is 1. The van der Waals surface area contributed by atoms with Gasteiger partial charge in [0, 0.05) is 9.75 Å². The van der Waals surface area contributed by atoms with Crippen molar-refractivity contribution in [2.45, 2.75) is 19.7 Å². The van der Waals surface area contributed by atoms with Crippen molar-refractivity contribution in [3.8, 4) is 11.1 Å². The zero-order chi connectivity index (χ0) is 13.3. The van der Waals surface area contributed by atoms with Crippen LogP contribution in [0.4, 0.5) is 13.2 Å². The van der Waals surface area contributed by atoms with Gasteiger partial charge in [-0.3, -0.25) is 0 Å². The predicted octanol–water partition coefficient (Wildman–Crippen LogP) is 4.23. The highest BCUT2D eigenvalue weighted by atomic mass is 32.1. The fraction of sp³-hybridized carbons (Fsp3) is 0.231. The highest BCUT2D eigenvalue weighted by molar-refractivity contribution is 7.12. The Labute approximate surface area is 107 Å². The Bertz CT molecular complexity index is 558. The molecule has 0 radical (unpaired) electrons. The molecule has 1 nitrogen and oxygen atoms in total. The molecule has 0 fully saturated rings. The van der Waals surface area contributed by atoms with E-state index in [4.69, 9.17) is 5.11 Å². The summed E-state index contributed by atoms with van der Waals surface area (Å²) in [6.07, 6.45) is -4.33. The summed E-state index contributed by atoms with van der Waals surface area (Å²) in [5.41, 5.74) is 0.615. The maximum Gasteiger partial charge on any atom is 0.416 e. The molecule has 1 aromatic heterocycles. The molecule has 0 atom stereocenters. The van der Waals surface area contributed by atoms with Crippen molar-refractivity contribution in [3.63, 3.8) is 0 Å². The zero-order valence-corrected chi connectivity index (χ0v) is 10.4. The standard InChI is InChI=1S/C13H11F3OS/c1-8-12(6-11(7-17)18-8)9-3-2-4-10(5-9)13(14,15)16/h2-6,17H,7H2,1H3. The van der Waals surface area contributed by atoms with E-state index >= 15 is 0 Å². The largest absolute Gasteiger partial charge is 0.416 e. The van der Waals surface area contributed by atoms with Crippen LogP contribution >= 0.6 is 11.3 Å². The van der Waals surface area contributed by atoms with Crippen molar-refractivity contribution in [1.29, 1.82) is 0 Å². The minimum Gasteiger partial charge on any atom is -0.391 e. The predicted molar refractivity (Wildman–Crippen MR) is 65.4 cm³/mol. The lowest BCUT2D eigenvalue weighted by Crippen LogP contribution is -2.04. The lowest BCUT2D eigenvalue weighted by molar-refractivity contribution is -0.137. The van der Waals surface area contributed by atoms with Crippen molar-refractivity contribution in [2.75, 3.05) is 0 Å². The Hall–Kier alpha value is -1.33. The minimum atomic E-state index is -4.33. The molecule has 0 aliphatic heterocycles. The summed E-state index contributed by atoms with van der Waals surface area (Å²) >= 11 is 1.39. The molecule has 0 unspecified atom stereocenters. The summed E-state index contributed by atoms with van der Waals surface area (Å²) in [7, 11) is 0. The van der Waals surface area contributed by atoms with Crippen LogP contribution in [0.3, 0.4) is 0 Å². The van der Waals surface area contributed by atoms with Gasteiger partial charge in [-0.05, 0) is 36.2 Å². The lowest BCUT2D eigenvalue weighted by atomic mass is 10.0. The van der Waals surface area contributed by atoms with Gasteiger partial charge in [-0.25, -0.2) is 0 Å². The van der Waals surface area contributed by atoms with Gasteiger partial charge >= 0.3 is 6.18 Å². The molecular weight excluding hydrogens is 261 g/mol. The first kappa shape index (κ1) is 13.1. The summed E-state index contributed by atoms with van der Waals surface area (Å²) < 4.78 is 37.9. The summed E-state index contributed by atoms with van der Waals surface area (Å²) in [5.74, 6) is 0. The molecule has 96 valence electrons. The number of aliphatic hydroxyl groups excluding tert-OH is 1. The van der Waals surface area contributed by atoms with Gasteiger partial charge in [0.2, 0.25) is 0 Å². The van der Waals surface area contributed by atoms with Crippen molar-refractivity contribution < 1.29 is 18.3 Å². The number of aryl methyl sites for hydroxylation is 1. The third-order valence-electron chi connectivity index (χ3n) is 2.63. The van der Waals surface area contributed by atoms with E-state index in [9.17, 15) is 13.2 Å². The zero-order valence-electron chi connectivity index (χ0n) is 9.58. The van der Waals surface area contributed by atoms with Crippen LogP contribution in [0.1, 0.15) is 15.3 Å². The first-order valence-electron chi connectivity index (χ1n) is 5.29. The van der Waals surface area contributed by atoms with Crippen molar-refractivity contribution >= 4 is 11.3 Å². The smallest absolute Gasteiger partial charge is 0.391 e. The molecule has 0 aliphatic rings. The van der Waals surface area contributed by atoms with Crippen molar-refractivity contribution in [3.05, 3.63) is 45.6 Å². The van der Waals surface area contributed by atoms with E-state index in [1.165, 1.54) is 17.4 Å². The Morgan fingerprint density at radius 3 is 2.50 bits per heavy atom. The Balaban J connectivity index is 2.47. The summed E-state index contributed by atoms with van der Waals surface area (Å²) in [4.78, 5) is 1.65. The van der Waals surface area contributed by atoms with Crippen LogP contribution < -0.4 is 0 Å². The third-order valence-corrected chi connectivity index (χ3v) is 3.66. The molecule has 0 saturated heterocycles. The van der Waals surface area contributed by atoms with E-state index in [0.717, 1.165) is 27.5 Å². The molecule has 5 heteroatoms. The minimum absolute atomic E-state index is 0.0928. The molecular formula is C13H11F3OS. The number of alkyl halides is 3. The van der Waals surface area contributed by atoms with Crippen LogP contribution in [0.15, 0.2) is 30.3 Å². The van der Waals surface area contributed by atoms with E-state index in [0.29, 0.717) is 5.56 Å². The second-order valence-electron chi connectivity index (χ2n) is 3.92. The molecule has 2 aromatic rings. The number of benzene rings is 1. The Morgan fingerprint density at radius 1 is 1.22 bits per heavy atom. The van der Waals surface area contributed by atoms with Gasteiger partial charge in [-0.1, -0.05) is 12.1 Å². The van der Waals surface area contributed by atoms with Crippen molar-refractivity contribution in [2.24, 2.45) is 0 Å². The highest BCUT2D eigenvalue weighted by Crippen LogP contribution is 2.35. The molecule has 18 heavy (non-hydrogen) atoms. The molecule has 1 aromatic carbocycles. The Morgan fingerprint density at radius 2 is 1.94 bits per heavy atom. The fourth-order valence-electron chi connectivity index (χ4n) is 1.77. The fourth-order valence-corrected chi connectivity index (χ4v) is 2.69. The summed E-state index contributed by atoms with van der Waals surface area (Å²) in [5, 5.41) is 9.04. The average Bonchev–Trinajstić information content (AvgIpc) is 2.70. The maximum absolute atomic E-state index is 12.6. The monoisotopic (exact) mass is 272 g/mol. The van der Waals surface area contributed by atoms with Crippen LogP contribution in [0.25, 0.3) is 11.1 Å². The molecule has 1 N–H and O–H groups in total. The second kappa shape index (κ2) is 4.74. The first-order chi connectivity index (χ1) is 8.41. The number of aliphatic hydroxyl groups is 1. The number of rotatable bonds is 2. The third kappa shape index (κ3) is 2.57. The van der Waals surface area contributed by atoms with Crippen LogP contribution in [0.2, 0.25) is 0 Å². The van der Waals surface area contributed by atoms with Gasteiger partial charge in [0.15, 0.2) is 0 Å². The van der Waals surface area contributed by atoms with Gasteiger partial charge in [0.25, 0.3) is 0 Å². The highest BCUT2D eigenvalue weighted by Gasteiger charge is 2.30. The second-order valence-corrected chi connectivity index (χ2v) is 5.26. The summed E-state index contributed by atoms with van der Waals surface area (Å²) in [6.45, 7) is 1.74. The van der Waals surface area contributed by atoms with Gasteiger partial charge in [-0.2, -0.15) is 13.2 Å². The van der Waals surface area contributed by atoms with E-state index in [1.54, 1.807) is 12.1 Å². The maximum atomic E-state index is 12.6. The quantitative estimate of drug-likeness (QED) is 0.867. The molecule has 2 rings (SSSR count).